The predicted molar refractivity (Wildman–Crippen MR) is 100 cm³/mol. The fraction of sp³-hybridized carbons (Fsp3) is 0.158. The highest BCUT2D eigenvalue weighted by molar-refractivity contribution is 7.09. The van der Waals surface area contributed by atoms with Gasteiger partial charge in [-0.1, -0.05) is 17.7 Å². The Morgan fingerprint density at radius 2 is 1.93 bits per heavy atom. The number of nitrogens with zero attached hydrogens (tertiary/aromatic N) is 2. The van der Waals surface area contributed by atoms with Crippen LogP contribution in [0, 0.1) is 17.0 Å². The zero-order valence-electron chi connectivity index (χ0n) is 14.5. The van der Waals surface area contributed by atoms with Crippen molar-refractivity contribution in [1.82, 2.24) is 4.98 Å². The predicted octanol–water partition coefficient (Wildman–Crippen LogP) is 4.33. The van der Waals surface area contributed by atoms with Crippen LogP contribution in [0.1, 0.15) is 26.6 Å². The topological polar surface area (TPSA) is 91.6 Å². The summed E-state index contributed by atoms with van der Waals surface area (Å²) >= 11 is 1.45. The van der Waals surface area contributed by atoms with Crippen LogP contribution in [-0.4, -0.2) is 16.2 Å². The molecule has 1 heterocycles. The molecule has 0 radical (unpaired) electrons. The average molecular weight is 384 g/mol. The number of non-ortho nitro benzene ring substituents is 1. The van der Waals surface area contributed by atoms with E-state index in [0.717, 1.165) is 16.3 Å². The first kappa shape index (κ1) is 18.5. The fourth-order valence-electron chi connectivity index (χ4n) is 2.29. The number of nitro benzene ring substituents is 1. The lowest BCUT2D eigenvalue weighted by Gasteiger charge is -2.06. The van der Waals surface area contributed by atoms with Gasteiger partial charge in [0.2, 0.25) is 0 Å². The first-order chi connectivity index (χ1) is 13.0. The minimum Gasteiger partial charge on any atom is -0.487 e. The lowest BCUT2D eigenvalue weighted by Crippen LogP contribution is -2.01. The fourth-order valence-corrected chi connectivity index (χ4v) is 2.98. The Bertz CT molecular complexity index is 953. The van der Waals surface area contributed by atoms with Gasteiger partial charge in [0.15, 0.2) is 6.29 Å². The van der Waals surface area contributed by atoms with Crippen LogP contribution >= 0.6 is 11.3 Å². The van der Waals surface area contributed by atoms with Crippen LogP contribution in [0.5, 0.6) is 11.5 Å². The van der Waals surface area contributed by atoms with Gasteiger partial charge in [0, 0.05) is 17.5 Å². The van der Waals surface area contributed by atoms with E-state index >= 15 is 0 Å². The first-order valence-corrected chi connectivity index (χ1v) is 8.92. The summed E-state index contributed by atoms with van der Waals surface area (Å²) in [5, 5.41) is 13.4. The van der Waals surface area contributed by atoms with E-state index in [2.05, 4.69) is 4.98 Å². The molecule has 0 unspecified atom stereocenters. The molecule has 0 N–H and O–H groups in total. The summed E-state index contributed by atoms with van der Waals surface area (Å²) in [7, 11) is 0. The summed E-state index contributed by atoms with van der Waals surface area (Å²) in [6.45, 7) is 2.52. The number of aldehydes is 1. The number of benzene rings is 2. The molecular weight excluding hydrogens is 368 g/mol. The molecule has 3 rings (SSSR count). The zero-order chi connectivity index (χ0) is 19.2. The Kier molecular flexibility index (Phi) is 5.77. The average Bonchev–Trinajstić information content (AvgIpc) is 3.13. The number of aromatic nitrogens is 1. The van der Waals surface area contributed by atoms with Crippen molar-refractivity contribution < 1.29 is 19.2 Å². The van der Waals surface area contributed by atoms with Crippen molar-refractivity contribution in [2.24, 2.45) is 0 Å². The number of thiazole rings is 1. The van der Waals surface area contributed by atoms with Gasteiger partial charge in [-0.2, -0.15) is 0 Å². The van der Waals surface area contributed by atoms with Gasteiger partial charge >= 0.3 is 0 Å². The van der Waals surface area contributed by atoms with E-state index in [9.17, 15) is 14.9 Å². The van der Waals surface area contributed by atoms with E-state index in [-0.39, 0.29) is 23.6 Å². The minimum atomic E-state index is -0.558. The van der Waals surface area contributed by atoms with Crippen LogP contribution < -0.4 is 9.47 Å². The van der Waals surface area contributed by atoms with E-state index in [1.54, 1.807) is 0 Å². The van der Waals surface area contributed by atoms with E-state index in [4.69, 9.17) is 9.47 Å². The highest BCUT2D eigenvalue weighted by Crippen LogP contribution is 2.24. The molecule has 27 heavy (non-hydrogen) atoms. The normalized spacial score (nSPS) is 10.4. The van der Waals surface area contributed by atoms with Crippen molar-refractivity contribution in [2.45, 2.75) is 20.1 Å². The highest BCUT2D eigenvalue weighted by atomic mass is 32.1. The Labute approximate surface area is 159 Å². The number of hydrogen-bond donors (Lipinski definition) is 0. The summed E-state index contributed by atoms with van der Waals surface area (Å²) in [5.41, 5.74) is 1.82. The molecule has 138 valence electrons. The summed E-state index contributed by atoms with van der Waals surface area (Å²) < 4.78 is 11.3. The monoisotopic (exact) mass is 384 g/mol. The second-order valence-electron chi connectivity index (χ2n) is 5.72. The third kappa shape index (κ3) is 4.89. The van der Waals surface area contributed by atoms with Crippen LogP contribution in [0.2, 0.25) is 0 Å². The Hall–Kier alpha value is -3.26. The number of nitro groups is 1. The zero-order valence-corrected chi connectivity index (χ0v) is 15.3. The van der Waals surface area contributed by atoms with Gasteiger partial charge in [0.25, 0.3) is 5.69 Å². The van der Waals surface area contributed by atoms with Crippen molar-refractivity contribution in [3.8, 4) is 11.5 Å². The number of aryl methyl sites for hydroxylation is 1. The Balaban J connectivity index is 1.58. The van der Waals surface area contributed by atoms with Crippen LogP contribution in [0.25, 0.3) is 0 Å². The summed E-state index contributed by atoms with van der Waals surface area (Å²) in [4.78, 5) is 25.8. The van der Waals surface area contributed by atoms with Crippen molar-refractivity contribution in [1.29, 1.82) is 0 Å². The molecule has 0 fully saturated rings. The van der Waals surface area contributed by atoms with E-state index in [1.165, 1.54) is 29.5 Å². The maximum atomic E-state index is 11.1. The molecule has 3 aromatic rings. The van der Waals surface area contributed by atoms with Crippen molar-refractivity contribution in [3.63, 3.8) is 0 Å². The number of rotatable bonds is 8. The van der Waals surface area contributed by atoms with Gasteiger partial charge in [0.05, 0.1) is 16.2 Å². The Morgan fingerprint density at radius 1 is 1.15 bits per heavy atom. The molecule has 0 saturated heterocycles. The summed E-state index contributed by atoms with van der Waals surface area (Å²) in [6.07, 6.45) is 0.532. The van der Waals surface area contributed by atoms with E-state index < -0.39 is 4.92 Å². The summed E-state index contributed by atoms with van der Waals surface area (Å²) in [5.74, 6) is 1.05. The van der Waals surface area contributed by atoms with Crippen LogP contribution in [0.4, 0.5) is 5.69 Å². The van der Waals surface area contributed by atoms with E-state index in [0.29, 0.717) is 18.6 Å². The molecule has 0 atom stereocenters. The standard InChI is InChI=1S/C19H16N2O5S/c1-13-2-5-17(6-3-13)25-11-19-20-15(12-27-19)10-26-18-7-4-16(21(23)24)8-14(18)9-22/h2-9,12H,10-11H2,1H3. The van der Waals surface area contributed by atoms with Gasteiger partial charge in [0.1, 0.15) is 29.7 Å². The van der Waals surface area contributed by atoms with Crippen LogP contribution in [0.15, 0.2) is 47.8 Å². The first-order valence-electron chi connectivity index (χ1n) is 8.04. The summed E-state index contributed by atoms with van der Waals surface area (Å²) in [6, 6.07) is 11.7. The molecule has 8 heteroatoms. The highest BCUT2D eigenvalue weighted by Gasteiger charge is 2.12. The largest absolute Gasteiger partial charge is 0.487 e. The second-order valence-corrected chi connectivity index (χ2v) is 6.66. The smallest absolute Gasteiger partial charge is 0.270 e. The van der Waals surface area contributed by atoms with Gasteiger partial charge < -0.3 is 9.47 Å². The quantitative estimate of drug-likeness (QED) is 0.326. The molecule has 7 nitrogen and oxygen atoms in total. The molecule has 2 aromatic carbocycles. The van der Waals surface area contributed by atoms with Crippen molar-refractivity contribution in [3.05, 3.63) is 79.8 Å². The molecule has 0 aliphatic heterocycles. The number of carbonyl (C=O) groups excluding carboxylic acids is 1. The molecule has 0 spiro atoms. The van der Waals surface area contributed by atoms with Gasteiger partial charge in [-0.05, 0) is 25.1 Å². The van der Waals surface area contributed by atoms with Crippen LogP contribution in [-0.2, 0) is 13.2 Å². The molecule has 0 saturated carbocycles. The lowest BCUT2D eigenvalue weighted by atomic mass is 10.2. The van der Waals surface area contributed by atoms with Crippen molar-refractivity contribution in [2.75, 3.05) is 0 Å². The Morgan fingerprint density at radius 3 is 2.63 bits per heavy atom. The van der Waals surface area contributed by atoms with Gasteiger partial charge in [-0.15, -0.1) is 11.3 Å². The SMILES string of the molecule is Cc1ccc(OCc2nc(COc3ccc([N+](=O)[O-])cc3C=O)cs2)cc1. The van der Waals surface area contributed by atoms with E-state index in [1.807, 2.05) is 36.6 Å². The maximum Gasteiger partial charge on any atom is 0.270 e. The molecule has 0 aliphatic carbocycles. The molecule has 0 amide bonds. The van der Waals surface area contributed by atoms with Gasteiger partial charge in [-0.3, -0.25) is 14.9 Å². The lowest BCUT2D eigenvalue weighted by molar-refractivity contribution is -0.384. The molecular formula is C19H16N2O5S. The molecule has 0 aliphatic rings. The van der Waals surface area contributed by atoms with Crippen LogP contribution in [0.3, 0.4) is 0 Å². The number of hydrogen-bond acceptors (Lipinski definition) is 7. The third-order valence-electron chi connectivity index (χ3n) is 3.69. The minimum absolute atomic E-state index is 0.127. The molecule has 0 bridgehead atoms. The van der Waals surface area contributed by atoms with Crippen molar-refractivity contribution >= 4 is 23.3 Å². The molecule has 1 aromatic heterocycles. The third-order valence-corrected chi connectivity index (χ3v) is 4.56. The number of ether oxygens (including phenoxy) is 2. The van der Waals surface area contributed by atoms with Gasteiger partial charge in [-0.25, -0.2) is 4.98 Å². The maximum absolute atomic E-state index is 11.1. The second kappa shape index (κ2) is 8.41. The number of carbonyl (C=O) groups is 1.